The van der Waals surface area contributed by atoms with Crippen LogP contribution in [-0.4, -0.2) is 39.0 Å². The molecule has 0 radical (unpaired) electrons. The average molecular weight is 368 g/mol. The van der Waals surface area contributed by atoms with Gasteiger partial charge in [-0.3, -0.25) is 4.79 Å². The van der Waals surface area contributed by atoms with E-state index in [1.165, 1.54) is 12.8 Å². The minimum Gasteiger partial charge on any atom is -0.334 e. The van der Waals surface area contributed by atoms with Gasteiger partial charge in [0.05, 0.1) is 10.7 Å². The Kier molecular flexibility index (Phi) is 4.79. The summed E-state index contributed by atoms with van der Waals surface area (Å²) in [7, 11) is 0. The third kappa shape index (κ3) is 3.53. The first-order chi connectivity index (χ1) is 12.7. The molecule has 134 valence electrons. The lowest BCUT2D eigenvalue weighted by molar-refractivity contribution is 0.0711. The summed E-state index contributed by atoms with van der Waals surface area (Å²) in [5, 5.41) is 7.06. The van der Waals surface area contributed by atoms with Crippen molar-refractivity contribution in [2.75, 3.05) is 13.1 Å². The van der Waals surface area contributed by atoms with Gasteiger partial charge in [-0.15, -0.1) is 11.3 Å². The van der Waals surface area contributed by atoms with Crippen LogP contribution >= 0.6 is 11.3 Å². The number of aryl methyl sites for hydroxylation is 1. The van der Waals surface area contributed by atoms with Gasteiger partial charge >= 0.3 is 11.8 Å². The lowest BCUT2D eigenvalue weighted by atomic mass is 10.1. The van der Waals surface area contributed by atoms with E-state index in [0.29, 0.717) is 5.82 Å². The van der Waals surface area contributed by atoms with Gasteiger partial charge in [0.25, 0.3) is 0 Å². The number of amides is 1. The van der Waals surface area contributed by atoms with Crippen LogP contribution in [-0.2, 0) is 0 Å². The standard InChI is InChI=1S/C19H20N4O2S/c1-13-20-16(12-26-13)14-7-6-8-15(11-14)17-21-18(25-22-17)19(24)23-9-4-2-3-5-10-23/h6-8,11-12H,2-5,9-10H2,1H3. The second-order valence-electron chi connectivity index (χ2n) is 6.46. The molecular formula is C19H20N4O2S. The molecule has 3 heterocycles. The third-order valence-corrected chi connectivity index (χ3v) is 5.31. The van der Waals surface area contributed by atoms with Gasteiger partial charge in [-0.05, 0) is 25.8 Å². The SMILES string of the molecule is Cc1nc(-c2cccc(-c3noc(C(=O)N4CCCCCC4)n3)c2)cs1. The van der Waals surface area contributed by atoms with Gasteiger partial charge in [-0.2, -0.15) is 4.98 Å². The summed E-state index contributed by atoms with van der Waals surface area (Å²) in [6.45, 7) is 3.50. The maximum atomic E-state index is 12.6. The lowest BCUT2D eigenvalue weighted by Crippen LogP contribution is -2.32. The maximum absolute atomic E-state index is 12.6. The predicted octanol–water partition coefficient (Wildman–Crippen LogP) is 4.18. The molecule has 1 saturated heterocycles. The van der Waals surface area contributed by atoms with Gasteiger partial charge in [0, 0.05) is 29.6 Å². The number of hydrogen-bond donors (Lipinski definition) is 0. The van der Waals surface area contributed by atoms with E-state index in [-0.39, 0.29) is 11.8 Å². The lowest BCUT2D eigenvalue weighted by Gasteiger charge is -2.17. The molecule has 3 aromatic rings. The zero-order valence-corrected chi connectivity index (χ0v) is 15.5. The number of rotatable bonds is 3. The number of nitrogens with zero attached hydrogens (tertiary/aromatic N) is 4. The van der Waals surface area contributed by atoms with Gasteiger partial charge in [0.2, 0.25) is 5.82 Å². The zero-order valence-electron chi connectivity index (χ0n) is 14.6. The molecule has 1 aliphatic rings. The summed E-state index contributed by atoms with van der Waals surface area (Å²) >= 11 is 1.62. The van der Waals surface area contributed by atoms with Crippen LogP contribution in [0.2, 0.25) is 0 Å². The molecule has 7 heteroatoms. The van der Waals surface area contributed by atoms with Gasteiger partial charge < -0.3 is 9.42 Å². The maximum Gasteiger partial charge on any atom is 0.316 e. The molecule has 0 N–H and O–H groups in total. The fraction of sp³-hybridized carbons (Fsp3) is 0.368. The van der Waals surface area contributed by atoms with Crippen molar-refractivity contribution in [3.8, 4) is 22.6 Å². The van der Waals surface area contributed by atoms with Crippen molar-refractivity contribution < 1.29 is 9.32 Å². The number of likely N-dealkylation sites (tertiary alicyclic amines) is 1. The predicted molar refractivity (Wildman–Crippen MR) is 100.0 cm³/mol. The number of carbonyl (C=O) groups is 1. The number of benzene rings is 1. The van der Waals surface area contributed by atoms with E-state index in [4.69, 9.17) is 4.52 Å². The Morgan fingerprint density at radius 1 is 1.12 bits per heavy atom. The second-order valence-corrected chi connectivity index (χ2v) is 7.52. The first-order valence-corrected chi connectivity index (χ1v) is 9.74. The van der Waals surface area contributed by atoms with Crippen molar-refractivity contribution in [2.45, 2.75) is 32.6 Å². The molecule has 1 fully saturated rings. The topological polar surface area (TPSA) is 72.1 Å². The largest absolute Gasteiger partial charge is 0.334 e. The Balaban J connectivity index is 1.57. The van der Waals surface area contributed by atoms with Crippen LogP contribution in [0.25, 0.3) is 22.6 Å². The molecule has 2 aromatic heterocycles. The van der Waals surface area contributed by atoms with Gasteiger partial charge in [0.1, 0.15) is 0 Å². The highest BCUT2D eigenvalue weighted by Crippen LogP contribution is 2.26. The molecule has 0 atom stereocenters. The summed E-state index contributed by atoms with van der Waals surface area (Å²) in [6.07, 6.45) is 4.40. The van der Waals surface area contributed by atoms with Crippen molar-refractivity contribution in [3.05, 3.63) is 40.5 Å². The van der Waals surface area contributed by atoms with Crippen LogP contribution in [0.1, 0.15) is 41.4 Å². The molecule has 0 saturated carbocycles. The molecule has 4 rings (SSSR count). The normalized spacial score (nSPS) is 15.0. The van der Waals surface area contributed by atoms with Crippen LogP contribution in [0.3, 0.4) is 0 Å². The van der Waals surface area contributed by atoms with Crippen LogP contribution in [0.5, 0.6) is 0 Å². The Bertz CT molecular complexity index is 910. The van der Waals surface area contributed by atoms with Gasteiger partial charge in [0.15, 0.2) is 0 Å². The Labute approximate surface area is 155 Å². The van der Waals surface area contributed by atoms with E-state index in [2.05, 4.69) is 15.1 Å². The summed E-state index contributed by atoms with van der Waals surface area (Å²) in [5.41, 5.74) is 2.74. The number of aromatic nitrogens is 3. The summed E-state index contributed by atoms with van der Waals surface area (Å²) in [5.74, 6) is 0.325. The fourth-order valence-corrected chi connectivity index (χ4v) is 3.77. The average Bonchev–Trinajstić information content (AvgIpc) is 3.24. The van der Waals surface area contributed by atoms with E-state index in [1.807, 2.05) is 41.5 Å². The van der Waals surface area contributed by atoms with Crippen molar-refractivity contribution in [1.29, 1.82) is 0 Å². The minimum absolute atomic E-state index is 0.0665. The van der Waals surface area contributed by atoms with Crippen molar-refractivity contribution in [2.24, 2.45) is 0 Å². The highest BCUT2D eigenvalue weighted by atomic mass is 32.1. The molecular weight excluding hydrogens is 348 g/mol. The Morgan fingerprint density at radius 2 is 1.88 bits per heavy atom. The number of thiazole rings is 1. The number of hydrogen-bond acceptors (Lipinski definition) is 6. The van der Waals surface area contributed by atoms with E-state index < -0.39 is 0 Å². The summed E-state index contributed by atoms with van der Waals surface area (Å²) < 4.78 is 5.26. The van der Waals surface area contributed by atoms with Crippen LogP contribution in [0.15, 0.2) is 34.2 Å². The first-order valence-electron chi connectivity index (χ1n) is 8.86. The van der Waals surface area contributed by atoms with Crippen molar-refractivity contribution in [3.63, 3.8) is 0 Å². The van der Waals surface area contributed by atoms with Crippen LogP contribution in [0, 0.1) is 6.92 Å². The molecule has 1 aromatic carbocycles. The molecule has 6 nitrogen and oxygen atoms in total. The first kappa shape index (κ1) is 16.9. The van der Waals surface area contributed by atoms with Crippen LogP contribution in [0.4, 0.5) is 0 Å². The third-order valence-electron chi connectivity index (χ3n) is 4.54. The molecule has 0 aliphatic carbocycles. The van der Waals surface area contributed by atoms with E-state index in [0.717, 1.165) is 47.8 Å². The molecule has 0 unspecified atom stereocenters. The Hall–Kier alpha value is -2.54. The molecule has 0 bridgehead atoms. The van der Waals surface area contributed by atoms with Crippen molar-refractivity contribution in [1.82, 2.24) is 20.0 Å². The molecule has 1 aliphatic heterocycles. The van der Waals surface area contributed by atoms with E-state index in [1.54, 1.807) is 11.3 Å². The highest BCUT2D eigenvalue weighted by Gasteiger charge is 2.23. The number of carbonyl (C=O) groups excluding carboxylic acids is 1. The van der Waals surface area contributed by atoms with Crippen LogP contribution < -0.4 is 0 Å². The zero-order chi connectivity index (χ0) is 17.9. The van der Waals surface area contributed by atoms with E-state index >= 15 is 0 Å². The molecule has 26 heavy (non-hydrogen) atoms. The van der Waals surface area contributed by atoms with Gasteiger partial charge in [-0.1, -0.05) is 36.2 Å². The highest BCUT2D eigenvalue weighted by molar-refractivity contribution is 7.09. The quantitative estimate of drug-likeness (QED) is 0.693. The molecule has 0 spiro atoms. The van der Waals surface area contributed by atoms with Gasteiger partial charge in [-0.25, -0.2) is 4.98 Å². The second kappa shape index (κ2) is 7.37. The monoisotopic (exact) mass is 368 g/mol. The minimum atomic E-state index is -0.170. The molecule has 1 amide bonds. The van der Waals surface area contributed by atoms with E-state index in [9.17, 15) is 4.79 Å². The fourth-order valence-electron chi connectivity index (χ4n) is 3.15. The van der Waals surface area contributed by atoms with Crippen molar-refractivity contribution >= 4 is 17.2 Å². The summed E-state index contributed by atoms with van der Waals surface area (Å²) in [6, 6.07) is 7.82. The summed E-state index contributed by atoms with van der Waals surface area (Å²) in [4.78, 5) is 23.3. The Morgan fingerprint density at radius 3 is 2.62 bits per heavy atom. The smallest absolute Gasteiger partial charge is 0.316 e.